The molecule has 3 N–H and O–H groups in total. The molecule has 2 aromatic rings. The number of nitrogens with zero attached hydrogens (tertiary/aromatic N) is 4. The van der Waals surface area contributed by atoms with Crippen LogP contribution in [0.15, 0.2) is 24.4 Å². The molecule has 0 amide bonds. The molecule has 10 heteroatoms. The molecule has 9 nitrogen and oxygen atoms in total. The number of methoxy groups -OCH3 is 1. The molecule has 0 aliphatic carbocycles. The summed E-state index contributed by atoms with van der Waals surface area (Å²) < 4.78 is 30.9. The van der Waals surface area contributed by atoms with Gasteiger partial charge in [0.15, 0.2) is 0 Å². The minimum Gasteiger partial charge on any atom is -0.383 e. The Morgan fingerprint density at radius 1 is 1.50 bits per heavy atom. The van der Waals surface area contributed by atoms with E-state index in [0.717, 1.165) is 0 Å². The van der Waals surface area contributed by atoms with E-state index in [-0.39, 0.29) is 11.3 Å². The number of anilines is 1. The topological polar surface area (TPSA) is 136 Å². The lowest BCUT2D eigenvalue weighted by molar-refractivity contribution is 0.183. The molecule has 0 bridgehead atoms. The molecule has 0 unspecified atom stereocenters. The van der Waals surface area contributed by atoms with Gasteiger partial charge in [-0.15, -0.1) is 5.10 Å². The molecule has 0 spiro atoms. The van der Waals surface area contributed by atoms with Crippen molar-refractivity contribution in [1.29, 1.82) is 5.26 Å². The Morgan fingerprint density at radius 2 is 2.27 bits per heavy atom. The number of ether oxygens (including phenoxy) is 1. The van der Waals surface area contributed by atoms with E-state index < -0.39 is 10.2 Å². The Labute approximate surface area is 127 Å². The van der Waals surface area contributed by atoms with Gasteiger partial charge in [0.2, 0.25) is 0 Å². The first-order valence-electron chi connectivity index (χ1n) is 6.17. The Balaban J connectivity index is 2.41. The maximum absolute atomic E-state index is 11.2. The summed E-state index contributed by atoms with van der Waals surface area (Å²) in [6.45, 7) is 0.988. The van der Waals surface area contributed by atoms with Crippen LogP contribution >= 0.6 is 0 Å². The summed E-state index contributed by atoms with van der Waals surface area (Å²) in [6, 6.07) is 6.65. The van der Waals surface area contributed by atoms with E-state index in [0.29, 0.717) is 24.4 Å². The molecule has 1 aromatic carbocycles. The number of hydrogen-bond donors (Lipinski definition) is 2. The van der Waals surface area contributed by atoms with Gasteiger partial charge in [0.1, 0.15) is 11.8 Å². The first kappa shape index (κ1) is 15.9. The Bertz CT molecular complexity index is 809. The van der Waals surface area contributed by atoms with Crippen molar-refractivity contribution >= 4 is 15.9 Å². The molecule has 0 radical (unpaired) electrons. The third kappa shape index (κ3) is 3.79. The number of nitrogens with two attached hydrogens (primary N) is 1. The third-order valence-corrected chi connectivity index (χ3v) is 3.27. The normalized spacial score (nSPS) is 11.1. The quantitative estimate of drug-likeness (QED) is 0.773. The minimum atomic E-state index is -3.97. The molecule has 1 aromatic heterocycles. The maximum atomic E-state index is 11.2. The van der Waals surface area contributed by atoms with E-state index in [1.54, 1.807) is 30.1 Å². The summed E-state index contributed by atoms with van der Waals surface area (Å²) in [6.07, 6.45) is 1.65. The zero-order chi connectivity index (χ0) is 16.2. The molecule has 0 atom stereocenters. The number of aromatic nitrogens is 3. The lowest BCUT2D eigenvalue weighted by atomic mass is 10.0. The summed E-state index contributed by atoms with van der Waals surface area (Å²) >= 11 is 0. The summed E-state index contributed by atoms with van der Waals surface area (Å²) in [7, 11) is -2.40. The fraction of sp³-hybridized carbons (Fsp3) is 0.250. The highest BCUT2D eigenvalue weighted by Crippen LogP contribution is 2.27. The van der Waals surface area contributed by atoms with Crippen molar-refractivity contribution < 1.29 is 13.2 Å². The van der Waals surface area contributed by atoms with E-state index >= 15 is 0 Å². The predicted molar refractivity (Wildman–Crippen MR) is 78.8 cm³/mol. The average Bonchev–Trinajstić information content (AvgIpc) is 2.91. The smallest absolute Gasteiger partial charge is 0.296 e. The molecule has 0 saturated carbocycles. The summed E-state index contributed by atoms with van der Waals surface area (Å²) in [5.41, 5.74) is 1.12. The molecule has 0 aliphatic heterocycles. The van der Waals surface area contributed by atoms with Crippen molar-refractivity contribution in [2.24, 2.45) is 5.14 Å². The number of nitriles is 1. The van der Waals surface area contributed by atoms with E-state index in [1.807, 2.05) is 6.07 Å². The molecule has 2 rings (SSSR count). The van der Waals surface area contributed by atoms with E-state index in [4.69, 9.17) is 9.88 Å². The molecule has 22 heavy (non-hydrogen) atoms. The third-order valence-electron chi connectivity index (χ3n) is 2.77. The zero-order valence-corrected chi connectivity index (χ0v) is 12.5. The highest BCUT2D eigenvalue weighted by atomic mass is 32.2. The van der Waals surface area contributed by atoms with Gasteiger partial charge in [-0.05, 0) is 6.07 Å². The van der Waals surface area contributed by atoms with Crippen molar-refractivity contribution in [3.05, 3.63) is 30.0 Å². The van der Waals surface area contributed by atoms with E-state index in [9.17, 15) is 13.7 Å². The van der Waals surface area contributed by atoms with Crippen molar-refractivity contribution in [1.82, 2.24) is 15.0 Å². The molecule has 1 heterocycles. The fourth-order valence-corrected chi connectivity index (χ4v) is 2.32. The minimum absolute atomic E-state index is 0.0916. The Hall–Kier alpha value is -2.48. The Kier molecular flexibility index (Phi) is 4.71. The van der Waals surface area contributed by atoms with Crippen LogP contribution in [0.3, 0.4) is 0 Å². The number of nitrogens with one attached hydrogen (secondary N) is 1. The highest BCUT2D eigenvalue weighted by Gasteiger charge is 2.15. The molecule has 0 aliphatic rings. The summed E-state index contributed by atoms with van der Waals surface area (Å²) in [5, 5.41) is 22.2. The zero-order valence-electron chi connectivity index (χ0n) is 11.7. The lowest BCUT2D eigenvalue weighted by Crippen LogP contribution is -2.22. The van der Waals surface area contributed by atoms with Gasteiger partial charge in [-0.1, -0.05) is 17.3 Å². The Morgan fingerprint density at radius 3 is 2.91 bits per heavy atom. The van der Waals surface area contributed by atoms with Crippen LogP contribution in [0.4, 0.5) is 5.69 Å². The van der Waals surface area contributed by atoms with Crippen LogP contribution in [-0.2, 0) is 21.5 Å². The second kappa shape index (κ2) is 6.52. The van der Waals surface area contributed by atoms with Gasteiger partial charge < -0.3 is 4.74 Å². The van der Waals surface area contributed by atoms with Crippen LogP contribution in [-0.4, -0.2) is 37.1 Å². The monoisotopic (exact) mass is 322 g/mol. The van der Waals surface area contributed by atoms with Crippen LogP contribution in [0, 0.1) is 11.3 Å². The fourth-order valence-electron chi connectivity index (χ4n) is 1.84. The van der Waals surface area contributed by atoms with Gasteiger partial charge in [-0.3, -0.25) is 4.72 Å². The van der Waals surface area contributed by atoms with Gasteiger partial charge >= 0.3 is 0 Å². The highest BCUT2D eigenvalue weighted by molar-refractivity contribution is 7.90. The van der Waals surface area contributed by atoms with Crippen LogP contribution in [0.25, 0.3) is 11.3 Å². The van der Waals surface area contributed by atoms with Crippen molar-refractivity contribution in [2.75, 3.05) is 18.4 Å². The molecule has 116 valence electrons. The van der Waals surface area contributed by atoms with Crippen molar-refractivity contribution in [3.63, 3.8) is 0 Å². The number of rotatable bonds is 6. The maximum Gasteiger partial charge on any atom is 0.296 e. The second-order valence-corrected chi connectivity index (χ2v) is 5.64. The van der Waals surface area contributed by atoms with Gasteiger partial charge in [0, 0.05) is 12.7 Å². The van der Waals surface area contributed by atoms with Crippen LogP contribution in [0.5, 0.6) is 0 Å². The number of hydrogen-bond acceptors (Lipinski definition) is 6. The number of benzene rings is 1. The van der Waals surface area contributed by atoms with Gasteiger partial charge in [-0.25, -0.2) is 9.82 Å². The molecule has 0 saturated heterocycles. The molecule has 0 fully saturated rings. The lowest BCUT2D eigenvalue weighted by Gasteiger charge is -2.08. The summed E-state index contributed by atoms with van der Waals surface area (Å²) in [4.78, 5) is 0. The first-order chi connectivity index (χ1) is 10.4. The SMILES string of the molecule is COCCn1cc(-c2cccc(NS(N)(=O)=O)c2C#N)nn1. The van der Waals surface area contributed by atoms with Crippen LogP contribution < -0.4 is 9.86 Å². The standard InChI is InChI=1S/C12H14N6O3S/c1-21-6-5-18-8-12(15-17-18)9-3-2-4-11(10(9)7-13)16-22(14,19)20/h2-4,8,16H,5-6H2,1H3,(H2,14,19,20). The predicted octanol–water partition coefficient (Wildman–Crippen LogP) is 0.0786. The first-order valence-corrected chi connectivity index (χ1v) is 7.72. The van der Waals surface area contributed by atoms with Crippen molar-refractivity contribution in [3.8, 4) is 17.3 Å². The van der Waals surface area contributed by atoms with Gasteiger partial charge in [0.05, 0.1) is 30.6 Å². The summed E-state index contributed by atoms with van der Waals surface area (Å²) in [5.74, 6) is 0. The van der Waals surface area contributed by atoms with E-state index in [1.165, 1.54) is 6.07 Å². The average molecular weight is 322 g/mol. The van der Waals surface area contributed by atoms with Gasteiger partial charge in [-0.2, -0.15) is 13.7 Å². The van der Waals surface area contributed by atoms with Gasteiger partial charge in [0.25, 0.3) is 10.2 Å². The second-order valence-electron chi connectivity index (χ2n) is 4.35. The van der Waals surface area contributed by atoms with Crippen LogP contribution in [0.2, 0.25) is 0 Å². The molecular weight excluding hydrogens is 308 g/mol. The van der Waals surface area contributed by atoms with Crippen molar-refractivity contribution in [2.45, 2.75) is 6.54 Å². The molecular formula is C12H14N6O3S. The van der Waals surface area contributed by atoms with Crippen LogP contribution in [0.1, 0.15) is 5.56 Å². The van der Waals surface area contributed by atoms with E-state index in [2.05, 4.69) is 15.0 Å². The largest absolute Gasteiger partial charge is 0.383 e.